The third kappa shape index (κ3) is 4.58. The summed E-state index contributed by atoms with van der Waals surface area (Å²) in [6.07, 6.45) is 0. The maximum Gasteiger partial charge on any atom is 0.339 e. The molecule has 1 aromatic heterocycles. The highest BCUT2D eigenvalue weighted by atomic mass is 32.1. The second kappa shape index (κ2) is 10.1. The van der Waals surface area contributed by atoms with Crippen molar-refractivity contribution >= 4 is 49.9 Å². The van der Waals surface area contributed by atoms with Gasteiger partial charge in [-0.2, -0.15) is 0 Å². The summed E-state index contributed by atoms with van der Waals surface area (Å²) in [5, 5.41) is 8.34. The number of carbonyl (C=O) groups is 2. The van der Waals surface area contributed by atoms with E-state index in [1.807, 2.05) is 72.1 Å². The number of aromatic nitrogens is 1. The van der Waals surface area contributed by atoms with Crippen LogP contribution in [-0.4, -0.2) is 37.7 Å². The molecule has 4 aromatic carbocycles. The topological polar surface area (TPSA) is 86.8 Å². The van der Waals surface area contributed by atoms with Gasteiger partial charge in [0.15, 0.2) is 23.2 Å². The minimum atomic E-state index is -0.552. The molecule has 0 unspecified atom stereocenters. The third-order valence-corrected chi connectivity index (χ3v) is 6.50. The molecule has 1 N–H and O–H groups in total. The Bertz CT molecular complexity index is 1540. The van der Waals surface area contributed by atoms with Crippen molar-refractivity contribution in [1.82, 2.24) is 4.98 Å². The molecule has 0 bridgehead atoms. The maximum absolute atomic E-state index is 13.1. The fourth-order valence-corrected chi connectivity index (χ4v) is 4.79. The number of rotatable bonds is 7. The molecule has 0 radical (unpaired) electrons. The molecule has 1 heterocycles. The highest BCUT2D eigenvalue weighted by Gasteiger charge is 2.18. The van der Waals surface area contributed by atoms with Crippen LogP contribution in [0.4, 0.5) is 5.13 Å². The van der Waals surface area contributed by atoms with E-state index in [0.717, 1.165) is 27.1 Å². The number of hydrogen-bond acceptors (Lipinski definition) is 7. The van der Waals surface area contributed by atoms with Crippen molar-refractivity contribution in [3.8, 4) is 22.8 Å². The fourth-order valence-electron chi connectivity index (χ4n) is 4.05. The van der Waals surface area contributed by atoms with Crippen LogP contribution in [0.1, 0.15) is 10.4 Å². The van der Waals surface area contributed by atoms with Crippen molar-refractivity contribution in [3.05, 3.63) is 83.7 Å². The van der Waals surface area contributed by atoms with Gasteiger partial charge in [-0.15, -0.1) is 11.3 Å². The Hall–Kier alpha value is -4.43. The number of nitrogens with zero attached hydrogens (tertiary/aromatic N) is 1. The largest absolute Gasteiger partial charge is 0.493 e. The van der Waals surface area contributed by atoms with Crippen molar-refractivity contribution in [2.45, 2.75) is 0 Å². The standard InChI is InChI=1S/C28H22N2O5S/c1-33-23-12-11-19(14-24(23)34-2)22-16-36-28(29-22)30-25(31)15-35-27(32)26-20-9-5-3-7-17(20)13-18-8-4-6-10-21(18)26/h3-14,16H,15H2,1-2H3,(H,29,30,31). The average Bonchev–Trinajstić information content (AvgIpc) is 3.38. The zero-order valence-electron chi connectivity index (χ0n) is 19.6. The van der Waals surface area contributed by atoms with Crippen LogP contribution in [0.3, 0.4) is 0 Å². The summed E-state index contributed by atoms with van der Waals surface area (Å²) in [6, 6.07) is 22.7. The minimum Gasteiger partial charge on any atom is -0.493 e. The minimum absolute atomic E-state index is 0.399. The molecule has 36 heavy (non-hydrogen) atoms. The molecule has 0 aliphatic carbocycles. The lowest BCUT2D eigenvalue weighted by Gasteiger charge is -2.11. The van der Waals surface area contributed by atoms with Gasteiger partial charge in [0.2, 0.25) is 0 Å². The Labute approximate surface area is 211 Å². The first-order chi connectivity index (χ1) is 17.6. The summed E-state index contributed by atoms with van der Waals surface area (Å²) in [7, 11) is 3.14. The molecule has 0 saturated carbocycles. The molecule has 0 atom stereocenters. The molecular weight excluding hydrogens is 476 g/mol. The van der Waals surface area contributed by atoms with E-state index in [1.54, 1.807) is 20.3 Å². The van der Waals surface area contributed by atoms with Crippen LogP contribution in [-0.2, 0) is 9.53 Å². The van der Waals surface area contributed by atoms with Gasteiger partial charge < -0.3 is 14.2 Å². The van der Waals surface area contributed by atoms with Gasteiger partial charge in [-0.1, -0.05) is 48.5 Å². The van der Waals surface area contributed by atoms with Crippen molar-refractivity contribution in [2.75, 3.05) is 26.1 Å². The molecule has 5 aromatic rings. The number of anilines is 1. The Morgan fingerprint density at radius 3 is 2.19 bits per heavy atom. The van der Waals surface area contributed by atoms with Crippen LogP contribution in [0.2, 0.25) is 0 Å². The van der Waals surface area contributed by atoms with Gasteiger partial charge in [-0.3, -0.25) is 10.1 Å². The number of methoxy groups -OCH3 is 2. The molecule has 0 fully saturated rings. The Morgan fingerprint density at radius 2 is 1.53 bits per heavy atom. The number of thiazole rings is 1. The summed E-state index contributed by atoms with van der Waals surface area (Å²) in [5.74, 6) is 0.177. The molecular formula is C28H22N2O5S. The number of carbonyl (C=O) groups excluding carboxylic acids is 2. The Balaban J connectivity index is 1.30. The van der Waals surface area contributed by atoms with E-state index in [0.29, 0.717) is 27.9 Å². The zero-order chi connectivity index (χ0) is 25.1. The fraction of sp³-hybridized carbons (Fsp3) is 0.107. The number of esters is 1. The van der Waals surface area contributed by atoms with E-state index in [4.69, 9.17) is 14.2 Å². The number of amides is 1. The lowest BCUT2D eigenvalue weighted by atomic mass is 9.97. The van der Waals surface area contributed by atoms with Gasteiger partial charge in [0.1, 0.15) is 0 Å². The quantitative estimate of drug-likeness (QED) is 0.221. The SMILES string of the molecule is COc1ccc(-c2csc(NC(=O)COC(=O)c3c4ccccc4cc4ccccc34)n2)cc1OC. The van der Waals surface area contributed by atoms with Gasteiger partial charge in [0.05, 0.1) is 25.5 Å². The highest BCUT2D eigenvalue weighted by molar-refractivity contribution is 7.14. The molecule has 1 amide bonds. The van der Waals surface area contributed by atoms with Gasteiger partial charge in [0.25, 0.3) is 5.91 Å². The number of benzene rings is 4. The van der Waals surface area contributed by atoms with E-state index >= 15 is 0 Å². The second-order valence-corrected chi connectivity index (χ2v) is 8.78. The number of hydrogen-bond donors (Lipinski definition) is 1. The second-order valence-electron chi connectivity index (χ2n) is 7.93. The van der Waals surface area contributed by atoms with Crippen LogP contribution in [0.5, 0.6) is 11.5 Å². The van der Waals surface area contributed by atoms with Crippen LogP contribution in [0.15, 0.2) is 78.2 Å². The van der Waals surface area contributed by atoms with Gasteiger partial charge >= 0.3 is 5.97 Å². The molecule has 0 saturated heterocycles. The van der Waals surface area contributed by atoms with Crippen LogP contribution in [0.25, 0.3) is 32.8 Å². The first kappa shape index (κ1) is 23.3. The summed E-state index contributed by atoms with van der Waals surface area (Å²) in [6.45, 7) is -0.429. The van der Waals surface area contributed by atoms with Crippen molar-refractivity contribution in [1.29, 1.82) is 0 Å². The van der Waals surface area contributed by atoms with Crippen LogP contribution < -0.4 is 14.8 Å². The van der Waals surface area contributed by atoms with E-state index < -0.39 is 18.5 Å². The van der Waals surface area contributed by atoms with Gasteiger partial charge in [-0.25, -0.2) is 9.78 Å². The predicted molar refractivity (Wildman–Crippen MR) is 141 cm³/mol. The Kier molecular flexibility index (Phi) is 6.51. The average molecular weight is 499 g/mol. The third-order valence-electron chi connectivity index (χ3n) is 5.74. The van der Waals surface area contributed by atoms with E-state index in [-0.39, 0.29) is 0 Å². The summed E-state index contributed by atoms with van der Waals surface area (Å²) in [4.78, 5) is 30.1. The normalized spacial score (nSPS) is 10.8. The van der Waals surface area contributed by atoms with E-state index in [2.05, 4.69) is 10.3 Å². The Morgan fingerprint density at radius 1 is 0.861 bits per heavy atom. The maximum atomic E-state index is 13.1. The number of fused-ring (bicyclic) bond motifs is 2. The highest BCUT2D eigenvalue weighted by Crippen LogP contribution is 2.33. The smallest absolute Gasteiger partial charge is 0.339 e. The van der Waals surface area contributed by atoms with Crippen LogP contribution in [0, 0.1) is 0 Å². The molecule has 8 heteroatoms. The lowest BCUT2D eigenvalue weighted by Crippen LogP contribution is -2.21. The number of ether oxygens (including phenoxy) is 3. The summed E-state index contributed by atoms with van der Waals surface area (Å²) < 4.78 is 16.0. The van der Waals surface area contributed by atoms with Crippen molar-refractivity contribution < 1.29 is 23.8 Å². The molecule has 5 rings (SSSR count). The van der Waals surface area contributed by atoms with E-state index in [9.17, 15) is 9.59 Å². The molecule has 7 nitrogen and oxygen atoms in total. The molecule has 180 valence electrons. The predicted octanol–water partition coefficient (Wildman–Crippen LogP) is 5.93. The summed E-state index contributed by atoms with van der Waals surface area (Å²) in [5.41, 5.74) is 1.94. The molecule has 0 aliphatic rings. The van der Waals surface area contributed by atoms with E-state index in [1.165, 1.54) is 11.3 Å². The monoisotopic (exact) mass is 498 g/mol. The number of nitrogens with one attached hydrogen (secondary N) is 1. The van der Waals surface area contributed by atoms with Crippen molar-refractivity contribution in [2.24, 2.45) is 0 Å². The first-order valence-electron chi connectivity index (χ1n) is 11.1. The van der Waals surface area contributed by atoms with Gasteiger partial charge in [0, 0.05) is 10.9 Å². The van der Waals surface area contributed by atoms with Crippen molar-refractivity contribution in [3.63, 3.8) is 0 Å². The van der Waals surface area contributed by atoms with Crippen LogP contribution >= 0.6 is 11.3 Å². The zero-order valence-corrected chi connectivity index (χ0v) is 20.4. The first-order valence-corrected chi connectivity index (χ1v) is 12.0. The lowest BCUT2D eigenvalue weighted by molar-refractivity contribution is -0.119. The molecule has 0 spiro atoms. The molecule has 0 aliphatic heterocycles. The summed E-state index contributed by atoms with van der Waals surface area (Å²) >= 11 is 1.27. The van der Waals surface area contributed by atoms with Gasteiger partial charge in [-0.05, 0) is 45.8 Å².